The maximum Gasteiger partial charge on any atom is 0.0546 e. The summed E-state index contributed by atoms with van der Waals surface area (Å²) in [6, 6.07) is 94.4. The first-order chi connectivity index (χ1) is 39.3. The standard InChI is InChI=1S/C76H54N4/c1-47-49(3)77(61-33-37-63(38-34-61)79(59-21-7-5-8-22-59)71-45-57-19-11-15-51-27-29-53-17-13-25-65(71)75(53)73(51)57)69-41-31-55(43-67(47)69)56-32-42-70-68(44-56)48(2)50(4)78(70)62-35-39-64(40-36-62)80(60-23-9-6-10-24-60)72-46-58-20-12-16-52-28-30-54-18-14-26-66(72)76(54)74(52)58/h5-46H,1-4H3. The lowest BCUT2D eigenvalue weighted by Gasteiger charge is -2.28. The van der Waals surface area contributed by atoms with Gasteiger partial charge in [0.05, 0.1) is 22.4 Å². The van der Waals surface area contributed by atoms with Crippen molar-refractivity contribution < 1.29 is 0 Å². The van der Waals surface area contributed by atoms with Crippen LogP contribution in [0.15, 0.2) is 255 Å². The first kappa shape index (κ1) is 46.0. The molecular formula is C76H54N4. The Balaban J connectivity index is 0.737. The molecular weight excluding hydrogens is 969 g/mol. The van der Waals surface area contributed by atoms with Gasteiger partial charge in [-0.15, -0.1) is 0 Å². The number of anilines is 6. The Morgan fingerprint density at radius 1 is 0.263 bits per heavy atom. The second-order valence-corrected chi connectivity index (χ2v) is 21.8. The molecule has 0 aliphatic rings. The summed E-state index contributed by atoms with van der Waals surface area (Å²) in [5, 5.41) is 17.9. The summed E-state index contributed by atoms with van der Waals surface area (Å²) in [4.78, 5) is 4.84. The maximum atomic E-state index is 2.43. The van der Waals surface area contributed by atoms with Crippen LogP contribution in [0.1, 0.15) is 22.5 Å². The summed E-state index contributed by atoms with van der Waals surface area (Å²) in [6.45, 7) is 9.05. The van der Waals surface area contributed by atoms with Gasteiger partial charge in [0, 0.05) is 67.1 Å². The molecule has 0 radical (unpaired) electrons. The van der Waals surface area contributed by atoms with Crippen molar-refractivity contribution in [3.63, 3.8) is 0 Å². The zero-order valence-electron chi connectivity index (χ0n) is 45.0. The number of nitrogens with zero attached hydrogens (tertiary/aromatic N) is 4. The van der Waals surface area contributed by atoms with E-state index in [0.717, 1.165) is 34.1 Å². The molecule has 378 valence electrons. The van der Waals surface area contributed by atoms with Gasteiger partial charge < -0.3 is 18.9 Å². The molecule has 0 atom stereocenters. The minimum atomic E-state index is 1.11. The molecule has 0 fully saturated rings. The third-order valence-electron chi connectivity index (χ3n) is 17.6. The monoisotopic (exact) mass is 1020 g/mol. The van der Waals surface area contributed by atoms with Crippen molar-refractivity contribution in [2.45, 2.75) is 27.7 Å². The van der Waals surface area contributed by atoms with Gasteiger partial charge in [-0.05, 0) is 213 Å². The van der Waals surface area contributed by atoms with Crippen LogP contribution in [-0.2, 0) is 0 Å². The van der Waals surface area contributed by atoms with Gasteiger partial charge in [-0.25, -0.2) is 0 Å². The van der Waals surface area contributed by atoms with Crippen LogP contribution < -0.4 is 9.80 Å². The molecule has 0 amide bonds. The maximum absolute atomic E-state index is 2.43. The zero-order valence-corrected chi connectivity index (χ0v) is 45.0. The number of benzene rings is 14. The minimum absolute atomic E-state index is 1.11. The summed E-state index contributed by atoms with van der Waals surface area (Å²) in [6.07, 6.45) is 0. The van der Waals surface area contributed by atoms with Gasteiger partial charge in [0.1, 0.15) is 0 Å². The lowest BCUT2D eigenvalue weighted by molar-refractivity contribution is 1.04. The van der Waals surface area contributed by atoms with Gasteiger partial charge >= 0.3 is 0 Å². The molecule has 80 heavy (non-hydrogen) atoms. The van der Waals surface area contributed by atoms with Crippen molar-refractivity contribution in [1.29, 1.82) is 0 Å². The van der Waals surface area contributed by atoms with E-state index in [1.807, 2.05) is 0 Å². The van der Waals surface area contributed by atoms with Gasteiger partial charge in [-0.2, -0.15) is 0 Å². The van der Waals surface area contributed by atoms with Gasteiger partial charge in [-0.1, -0.05) is 146 Å². The highest BCUT2D eigenvalue weighted by Gasteiger charge is 2.23. The molecule has 4 nitrogen and oxygen atoms in total. The number of fused-ring (bicyclic) bond motifs is 2. The van der Waals surface area contributed by atoms with E-state index in [1.165, 1.54) is 131 Å². The lowest BCUT2D eigenvalue weighted by Crippen LogP contribution is -2.11. The number of para-hydroxylation sites is 2. The van der Waals surface area contributed by atoms with E-state index in [0.29, 0.717) is 0 Å². The average molecular weight is 1020 g/mol. The molecule has 16 aromatic rings. The Morgan fingerprint density at radius 3 is 1.01 bits per heavy atom. The van der Waals surface area contributed by atoms with E-state index in [4.69, 9.17) is 0 Å². The Kier molecular flexibility index (Phi) is 10.2. The second kappa shape index (κ2) is 17.7. The highest BCUT2D eigenvalue weighted by Crippen LogP contribution is 2.48. The topological polar surface area (TPSA) is 16.3 Å². The fourth-order valence-electron chi connectivity index (χ4n) is 13.5. The molecule has 16 rings (SSSR count). The molecule has 4 heteroatoms. The molecule has 0 saturated carbocycles. The van der Waals surface area contributed by atoms with E-state index in [9.17, 15) is 0 Å². The van der Waals surface area contributed by atoms with E-state index in [2.05, 4.69) is 301 Å². The summed E-state index contributed by atoms with van der Waals surface area (Å²) in [7, 11) is 0. The Morgan fingerprint density at radius 2 is 0.613 bits per heavy atom. The first-order valence-corrected chi connectivity index (χ1v) is 27.8. The van der Waals surface area contributed by atoms with Crippen molar-refractivity contribution in [2.75, 3.05) is 9.80 Å². The molecule has 0 spiro atoms. The van der Waals surface area contributed by atoms with Crippen molar-refractivity contribution in [1.82, 2.24) is 9.13 Å². The molecule has 0 aliphatic heterocycles. The van der Waals surface area contributed by atoms with Crippen LogP contribution in [0.2, 0.25) is 0 Å². The quantitative estimate of drug-likeness (QED) is 0.134. The highest BCUT2D eigenvalue weighted by molar-refractivity contribution is 6.28. The van der Waals surface area contributed by atoms with E-state index >= 15 is 0 Å². The number of aromatic nitrogens is 2. The minimum Gasteiger partial charge on any atom is -0.314 e. The van der Waals surface area contributed by atoms with E-state index in [1.54, 1.807) is 0 Å². The zero-order chi connectivity index (χ0) is 53.3. The fourth-order valence-corrected chi connectivity index (χ4v) is 13.5. The fraction of sp³-hybridized carbons (Fsp3) is 0.0526. The van der Waals surface area contributed by atoms with Crippen LogP contribution in [0.5, 0.6) is 0 Å². The molecule has 0 aliphatic carbocycles. The largest absolute Gasteiger partial charge is 0.314 e. The lowest BCUT2D eigenvalue weighted by atomic mass is 9.92. The van der Waals surface area contributed by atoms with Gasteiger partial charge in [0.2, 0.25) is 0 Å². The number of hydrogen-bond acceptors (Lipinski definition) is 2. The summed E-state index contributed by atoms with van der Waals surface area (Å²) in [5.74, 6) is 0. The normalized spacial score (nSPS) is 12.0. The van der Waals surface area contributed by atoms with Crippen LogP contribution in [0, 0.1) is 27.7 Å². The summed E-state index contributed by atoms with van der Waals surface area (Å²) >= 11 is 0. The Bertz CT molecular complexity index is 4760. The van der Waals surface area contributed by atoms with Crippen molar-refractivity contribution in [3.8, 4) is 22.5 Å². The highest BCUT2D eigenvalue weighted by atomic mass is 15.2. The molecule has 14 aromatic carbocycles. The number of hydrogen-bond donors (Lipinski definition) is 0. The van der Waals surface area contributed by atoms with Crippen molar-refractivity contribution >= 4 is 121 Å². The molecule has 0 bridgehead atoms. The third-order valence-corrected chi connectivity index (χ3v) is 17.6. The average Bonchev–Trinajstić information content (AvgIpc) is 4.08. The Labute approximate surface area is 464 Å². The van der Waals surface area contributed by atoms with E-state index < -0.39 is 0 Å². The van der Waals surface area contributed by atoms with Gasteiger partial charge in [0.15, 0.2) is 0 Å². The van der Waals surface area contributed by atoms with E-state index in [-0.39, 0.29) is 0 Å². The van der Waals surface area contributed by atoms with Crippen molar-refractivity contribution in [3.05, 3.63) is 277 Å². The number of rotatable bonds is 9. The predicted molar refractivity (Wildman–Crippen MR) is 341 cm³/mol. The smallest absolute Gasteiger partial charge is 0.0546 e. The van der Waals surface area contributed by atoms with Crippen LogP contribution in [-0.4, -0.2) is 9.13 Å². The number of aryl methyl sites for hydroxylation is 2. The Hall–Kier alpha value is -10.2. The third kappa shape index (κ3) is 6.88. The molecule has 0 saturated heterocycles. The van der Waals surface area contributed by atoms with Gasteiger partial charge in [0.25, 0.3) is 0 Å². The van der Waals surface area contributed by atoms with Crippen LogP contribution in [0.25, 0.3) is 109 Å². The molecule has 0 N–H and O–H groups in total. The van der Waals surface area contributed by atoms with Crippen LogP contribution in [0.3, 0.4) is 0 Å². The predicted octanol–water partition coefficient (Wildman–Crippen LogP) is 21.2. The molecule has 0 unspecified atom stereocenters. The molecule has 2 aromatic heterocycles. The van der Waals surface area contributed by atoms with Gasteiger partial charge in [-0.3, -0.25) is 0 Å². The summed E-state index contributed by atoms with van der Waals surface area (Å²) < 4.78 is 4.85. The van der Waals surface area contributed by atoms with Crippen LogP contribution in [0.4, 0.5) is 34.1 Å². The first-order valence-electron chi connectivity index (χ1n) is 27.8. The second-order valence-electron chi connectivity index (χ2n) is 21.8. The molecule has 2 heterocycles. The van der Waals surface area contributed by atoms with Crippen molar-refractivity contribution in [2.24, 2.45) is 0 Å². The van der Waals surface area contributed by atoms with Crippen LogP contribution >= 0.6 is 0 Å². The SMILES string of the molecule is Cc1c(C)n(-c2ccc(N(c3ccccc3)c3cc4cccc5ccc6cccc3c6c54)cc2)c2ccc(-c3ccc4c(c3)c(C)c(C)n4-c3ccc(N(c4ccccc4)c4cc5cccc6ccc7cccc4c7c65)cc3)cc12. The summed E-state index contributed by atoms with van der Waals surface area (Å²) in [5.41, 5.74) is 19.0.